The first kappa shape index (κ1) is 25.8. The summed E-state index contributed by atoms with van der Waals surface area (Å²) in [5, 5.41) is 40.6. The highest BCUT2D eigenvalue weighted by Gasteiger charge is 2.49. The third-order valence-electron chi connectivity index (χ3n) is 6.20. The van der Waals surface area contributed by atoms with Crippen molar-refractivity contribution in [2.45, 2.75) is 134 Å². The zero-order valence-electron chi connectivity index (χ0n) is 18.3. The van der Waals surface area contributed by atoms with Gasteiger partial charge in [-0.1, -0.05) is 104 Å². The molecule has 0 aliphatic carbocycles. The third kappa shape index (κ3) is 9.53. The Hall–Kier alpha value is -0.200. The van der Waals surface area contributed by atoms with Gasteiger partial charge in [0.25, 0.3) is 0 Å². The van der Waals surface area contributed by atoms with Gasteiger partial charge in [0.05, 0.1) is 6.61 Å². The van der Waals surface area contributed by atoms with Gasteiger partial charge in [0.15, 0.2) is 5.79 Å². The molecule has 0 aromatic heterocycles. The first-order valence-corrected chi connectivity index (χ1v) is 11.8. The second kappa shape index (κ2) is 14.7. The summed E-state index contributed by atoms with van der Waals surface area (Å²) in [6.07, 6.45) is 13.3. The third-order valence-corrected chi connectivity index (χ3v) is 6.20. The second-order valence-electron chi connectivity index (χ2n) is 8.84. The zero-order valence-corrected chi connectivity index (χ0v) is 18.3. The first-order chi connectivity index (χ1) is 13.4. The van der Waals surface area contributed by atoms with Gasteiger partial charge in [0, 0.05) is 6.42 Å². The van der Waals surface area contributed by atoms with Crippen LogP contribution in [0.25, 0.3) is 0 Å². The van der Waals surface area contributed by atoms with Crippen LogP contribution in [0.5, 0.6) is 0 Å². The van der Waals surface area contributed by atoms with Gasteiger partial charge in [-0.3, -0.25) is 0 Å². The van der Waals surface area contributed by atoms with E-state index in [2.05, 4.69) is 13.8 Å². The van der Waals surface area contributed by atoms with Crippen molar-refractivity contribution in [3.63, 3.8) is 0 Å². The lowest BCUT2D eigenvalue weighted by molar-refractivity contribution is -0.327. The van der Waals surface area contributed by atoms with Crippen LogP contribution in [0.1, 0.15) is 110 Å². The van der Waals surface area contributed by atoms with Crippen LogP contribution in [-0.4, -0.2) is 51.1 Å². The Labute approximate surface area is 172 Å². The van der Waals surface area contributed by atoms with Crippen molar-refractivity contribution in [2.24, 2.45) is 5.92 Å². The van der Waals surface area contributed by atoms with Gasteiger partial charge in [-0.25, -0.2) is 0 Å². The van der Waals surface area contributed by atoms with Crippen LogP contribution in [0.4, 0.5) is 0 Å². The highest BCUT2D eigenvalue weighted by molar-refractivity contribution is 4.92. The molecule has 0 radical (unpaired) electrons. The molecule has 5 nitrogen and oxygen atoms in total. The lowest BCUT2D eigenvalue weighted by atomic mass is 9.84. The maximum absolute atomic E-state index is 10.8. The van der Waals surface area contributed by atoms with Crippen molar-refractivity contribution in [2.75, 3.05) is 6.61 Å². The fourth-order valence-electron chi connectivity index (χ4n) is 4.26. The lowest BCUT2D eigenvalue weighted by Crippen LogP contribution is -2.61. The lowest BCUT2D eigenvalue weighted by Gasteiger charge is -2.43. The Balaban J connectivity index is 2.43. The highest BCUT2D eigenvalue weighted by Crippen LogP contribution is 2.34. The SMILES string of the molecule is CCCCCCCCCCC(CCCCCC)CC1(O)OC[C@@H](O)[C@H](O)[C@H]1O. The highest BCUT2D eigenvalue weighted by atomic mass is 16.6. The fraction of sp³-hybridized carbons (Fsp3) is 1.00. The minimum absolute atomic E-state index is 0.144. The Kier molecular flexibility index (Phi) is 13.6. The summed E-state index contributed by atoms with van der Waals surface area (Å²) in [6, 6.07) is 0. The van der Waals surface area contributed by atoms with Crippen molar-refractivity contribution < 1.29 is 25.2 Å². The molecule has 0 bridgehead atoms. The molecule has 2 unspecified atom stereocenters. The Morgan fingerprint density at radius 1 is 0.786 bits per heavy atom. The molecule has 168 valence electrons. The normalized spacial score (nSPS) is 29.1. The summed E-state index contributed by atoms with van der Waals surface area (Å²) in [5.41, 5.74) is 0. The molecule has 5 heteroatoms. The minimum atomic E-state index is -1.76. The molecule has 0 spiro atoms. The molecule has 5 atom stereocenters. The topological polar surface area (TPSA) is 90.2 Å². The van der Waals surface area contributed by atoms with Crippen LogP contribution in [0.2, 0.25) is 0 Å². The summed E-state index contributed by atoms with van der Waals surface area (Å²) in [5.74, 6) is -1.49. The largest absolute Gasteiger partial charge is 0.388 e. The molecule has 1 aliphatic rings. The Morgan fingerprint density at radius 3 is 1.79 bits per heavy atom. The maximum atomic E-state index is 10.8. The Morgan fingerprint density at radius 2 is 1.25 bits per heavy atom. The maximum Gasteiger partial charge on any atom is 0.194 e. The van der Waals surface area contributed by atoms with Crippen molar-refractivity contribution in [1.82, 2.24) is 0 Å². The van der Waals surface area contributed by atoms with Gasteiger partial charge in [0.2, 0.25) is 0 Å². The van der Waals surface area contributed by atoms with Crippen LogP contribution < -0.4 is 0 Å². The van der Waals surface area contributed by atoms with E-state index in [1.165, 1.54) is 64.2 Å². The molecule has 4 N–H and O–H groups in total. The van der Waals surface area contributed by atoms with E-state index >= 15 is 0 Å². The zero-order chi connectivity index (χ0) is 20.8. The molecule has 1 fully saturated rings. The molecule has 28 heavy (non-hydrogen) atoms. The molecule has 1 rings (SSSR count). The smallest absolute Gasteiger partial charge is 0.194 e. The van der Waals surface area contributed by atoms with E-state index < -0.39 is 24.1 Å². The standard InChI is InChI=1S/C23H46O5/c1-3-5-7-9-10-11-12-14-16-19(15-13-8-6-4-2)17-23(27)22(26)21(25)20(24)18-28-23/h19-22,24-27H,3-18H2,1-2H3/t19?,20-,21+,22-,23?/m1/s1. The average Bonchev–Trinajstić information content (AvgIpc) is 2.68. The average molecular weight is 403 g/mol. The van der Waals surface area contributed by atoms with Gasteiger partial charge in [-0.2, -0.15) is 0 Å². The number of hydrogen-bond donors (Lipinski definition) is 4. The molecule has 1 aliphatic heterocycles. The van der Waals surface area contributed by atoms with E-state index in [-0.39, 0.29) is 12.5 Å². The first-order valence-electron chi connectivity index (χ1n) is 11.8. The summed E-state index contributed by atoms with van der Waals surface area (Å²) >= 11 is 0. The molecule has 0 saturated carbocycles. The summed E-state index contributed by atoms with van der Waals surface area (Å²) in [7, 11) is 0. The van der Waals surface area contributed by atoms with Crippen LogP contribution in [-0.2, 0) is 4.74 Å². The number of unbranched alkanes of at least 4 members (excludes halogenated alkanes) is 10. The van der Waals surface area contributed by atoms with Crippen molar-refractivity contribution in [3.05, 3.63) is 0 Å². The monoisotopic (exact) mass is 402 g/mol. The molecular formula is C23H46O5. The van der Waals surface area contributed by atoms with Gasteiger partial charge in [-0.05, 0) is 5.92 Å². The van der Waals surface area contributed by atoms with Crippen LogP contribution >= 0.6 is 0 Å². The molecule has 0 aromatic rings. The quantitative estimate of drug-likeness (QED) is 0.289. The van der Waals surface area contributed by atoms with E-state index in [0.29, 0.717) is 6.42 Å². The number of aliphatic hydroxyl groups excluding tert-OH is 3. The van der Waals surface area contributed by atoms with Gasteiger partial charge in [-0.15, -0.1) is 0 Å². The molecular weight excluding hydrogens is 356 g/mol. The van der Waals surface area contributed by atoms with E-state index in [0.717, 1.165) is 25.7 Å². The number of ether oxygens (including phenoxy) is 1. The van der Waals surface area contributed by atoms with Crippen molar-refractivity contribution in [1.29, 1.82) is 0 Å². The number of hydrogen-bond acceptors (Lipinski definition) is 5. The fourth-order valence-corrected chi connectivity index (χ4v) is 4.26. The van der Waals surface area contributed by atoms with E-state index in [1.54, 1.807) is 0 Å². The summed E-state index contributed by atoms with van der Waals surface area (Å²) in [4.78, 5) is 0. The van der Waals surface area contributed by atoms with Gasteiger partial charge >= 0.3 is 0 Å². The van der Waals surface area contributed by atoms with Crippen LogP contribution in [0, 0.1) is 5.92 Å². The molecule has 0 aromatic carbocycles. The second-order valence-corrected chi connectivity index (χ2v) is 8.84. The predicted molar refractivity (Wildman–Crippen MR) is 113 cm³/mol. The predicted octanol–water partition coefficient (Wildman–Crippen LogP) is 4.30. The van der Waals surface area contributed by atoms with Gasteiger partial charge < -0.3 is 25.2 Å². The van der Waals surface area contributed by atoms with Gasteiger partial charge in [0.1, 0.15) is 18.3 Å². The van der Waals surface area contributed by atoms with Crippen molar-refractivity contribution in [3.8, 4) is 0 Å². The molecule has 0 amide bonds. The van der Waals surface area contributed by atoms with Crippen LogP contribution in [0.15, 0.2) is 0 Å². The number of aliphatic hydroxyl groups is 4. The van der Waals surface area contributed by atoms with E-state index in [9.17, 15) is 20.4 Å². The van der Waals surface area contributed by atoms with Crippen LogP contribution in [0.3, 0.4) is 0 Å². The molecule has 1 saturated heterocycles. The van der Waals surface area contributed by atoms with E-state index in [1.807, 2.05) is 0 Å². The Bertz CT molecular complexity index is 378. The number of rotatable bonds is 16. The van der Waals surface area contributed by atoms with E-state index in [4.69, 9.17) is 4.74 Å². The summed E-state index contributed by atoms with van der Waals surface area (Å²) in [6.45, 7) is 4.29. The van der Waals surface area contributed by atoms with Crippen molar-refractivity contribution >= 4 is 0 Å². The minimum Gasteiger partial charge on any atom is -0.388 e. The molecule has 1 heterocycles. The summed E-state index contributed by atoms with van der Waals surface area (Å²) < 4.78 is 5.40.